The van der Waals surface area contributed by atoms with Crippen LogP contribution in [0.4, 0.5) is 0 Å². The number of rotatable bonds is 1. The van der Waals surface area contributed by atoms with Crippen molar-refractivity contribution in [2.75, 3.05) is 0 Å². The molecule has 3 heteroatoms. The Balaban J connectivity index is 2.09. The molecule has 1 heterocycles. The fourth-order valence-corrected chi connectivity index (χ4v) is 2.85. The summed E-state index contributed by atoms with van der Waals surface area (Å²) in [7, 11) is 0. The summed E-state index contributed by atoms with van der Waals surface area (Å²) in [5.41, 5.74) is 5.39. The Morgan fingerprint density at radius 2 is 1.89 bits per heavy atom. The van der Waals surface area contributed by atoms with Crippen LogP contribution in [0.15, 0.2) is 41.6 Å². The van der Waals surface area contributed by atoms with Crippen molar-refractivity contribution in [2.45, 2.75) is 26.7 Å². The van der Waals surface area contributed by atoms with Gasteiger partial charge >= 0.3 is 0 Å². The van der Waals surface area contributed by atoms with Gasteiger partial charge in [-0.3, -0.25) is 0 Å². The van der Waals surface area contributed by atoms with Gasteiger partial charge in [0.25, 0.3) is 0 Å². The average molecular weight is 254 g/mol. The third-order valence-corrected chi connectivity index (χ3v) is 3.72. The lowest BCUT2D eigenvalue weighted by atomic mass is 9.76. The van der Waals surface area contributed by atoms with Crippen molar-refractivity contribution in [3.05, 3.63) is 47.7 Å². The van der Waals surface area contributed by atoms with Gasteiger partial charge in [0.1, 0.15) is 0 Å². The largest absolute Gasteiger partial charge is 0.411 e. The van der Waals surface area contributed by atoms with Gasteiger partial charge in [0.2, 0.25) is 0 Å². The van der Waals surface area contributed by atoms with Gasteiger partial charge in [0.15, 0.2) is 0 Å². The first-order chi connectivity index (χ1) is 9.09. The number of benzene rings is 1. The zero-order chi connectivity index (χ0) is 13.5. The number of nitrogens with zero attached hydrogens (tertiary/aromatic N) is 1. The molecule has 2 N–H and O–H groups in total. The molecule has 0 spiro atoms. The lowest BCUT2D eigenvalue weighted by Crippen LogP contribution is -2.26. The van der Waals surface area contributed by atoms with Gasteiger partial charge in [0.05, 0.1) is 5.71 Å². The Morgan fingerprint density at radius 3 is 2.58 bits per heavy atom. The molecular formula is C16H18N2O. The van der Waals surface area contributed by atoms with Crippen LogP contribution in [-0.4, -0.2) is 15.9 Å². The summed E-state index contributed by atoms with van der Waals surface area (Å²) in [6.07, 6.45) is 1.79. The van der Waals surface area contributed by atoms with Crippen LogP contribution >= 0.6 is 0 Å². The highest BCUT2D eigenvalue weighted by atomic mass is 16.4. The maximum absolute atomic E-state index is 9.22. The maximum Gasteiger partial charge on any atom is 0.0891 e. The van der Waals surface area contributed by atoms with Gasteiger partial charge in [-0.25, -0.2) is 0 Å². The van der Waals surface area contributed by atoms with Crippen molar-refractivity contribution < 1.29 is 5.21 Å². The summed E-state index contributed by atoms with van der Waals surface area (Å²) in [6.45, 7) is 4.40. The van der Waals surface area contributed by atoms with Crippen molar-refractivity contribution >= 4 is 5.71 Å². The molecule has 1 aromatic carbocycles. The number of aromatic nitrogens is 1. The summed E-state index contributed by atoms with van der Waals surface area (Å²) in [5.74, 6) is 0. The minimum absolute atomic E-state index is 0.132. The maximum atomic E-state index is 9.22. The van der Waals surface area contributed by atoms with E-state index < -0.39 is 0 Å². The average Bonchev–Trinajstić information content (AvgIpc) is 2.81. The number of aromatic amines is 1. The monoisotopic (exact) mass is 254 g/mol. The molecule has 1 aliphatic rings. The third-order valence-electron chi connectivity index (χ3n) is 3.72. The van der Waals surface area contributed by atoms with Gasteiger partial charge in [-0.05, 0) is 29.9 Å². The standard InChI is InChI=1S/C16H18N2O/c1-16(2)9-14-12(15(10-16)18-19)8-13(17-14)11-6-4-3-5-7-11/h3-8,17,19H,9-10H2,1-2H3/b18-15+. The first-order valence-corrected chi connectivity index (χ1v) is 6.58. The van der Waals surface area contributed by atoms with E-state index in [2.05, 4.69) is 42.2 Å². The first kappa shape index (κ1) is 12.0. The second-order valence-corrected chi connectivity index (χ2v) is 6.01. The highest BCUT2D eigenvalue weighted by Crippen LogP contribution is 2.36. The molecule has 1 aromatic heterocycles. The van der Waals surface area contributed by atoms with Crippen LogP contribution in [0.25, 0.3) is 11.3 Å². The lowest BCUT2D eigenvalue weighted by molar-refractivity contribution is 0.306. The molecule has 0 radical (unpaired) electrons. The second kappa shape index (κ2) is 4.26. The van der Waals surface area contributed by atoms with E-state index in [0.717, 1.165) is 35.4 Å². The fraction of sp³-hybridized carbons (Fsp3) is 0.312. The van der Waals surface area contributed by atoms with Gasteiger partial charge in [0, 0.05) is 17.0 Å². The number of nitrogens with one attached hydrogen (secondary N) is 1. The molecule has 3 rings (SSSR count). The molecule has 19 heavy (non-hydrogen) atoms. The number of H-pyrrole nitrogens is 1. The molecule has 0 saturated carbocycles. The summed E-state index contributed by atoms with van der Waals surface area (Å²) in [4.78, 5) is 3.48. The van der Waals surface area contributed by atoms with Crippen LogP contribution in [0.3, 0.4) is 0 Å². The van der Waals surface area contributed by atoms with Crippen molar-refractivity contribution in [1.82, 2.24) is 4.98 Å². The zero-order valence-electron chi connectivity index (χ0n) is 11.3. The van der Waals surface area contributed by atoms with Gasteiger partial charge in [-0.15, -0.1) is 0 Å². The third kappa shape index (κ3) is 2.16. The van der Waals surface area contributed by atoms with Crippen LogP contribution < -0.4 is 0 Å². The minimum atomic E-state index is 0.132. The number of oxime groups is 1. The normalized spacial score (nSPS) is 19.4. The second-order valence-electron chi connectivity index (χ2n) is 6.01. The van der Waals surface area contributed by atoms with E-state index in [-0.39, 0.29) is 5.41 Å². The van der Waals surface area contributed by atoms with Gasteiger partial charge < -0.3 is 10.2 Å². The molecule has 3 nitrogen and oxygen atoms in total. The highest BCUT2D eigenvalue weighted by Gasteiger charge is 2.31. The van der Waals surface area contributed by atoms with Gasteiger partial charge in [-0.2, -0.15) is 0 Å². The van der Waals surface area contributed by atoms with Crippen LogP contribution in [0.2, 0.25) is 0 Å². The molecule has 0 atom stereocenters. The summed E-state index contributed by atoms with van der Waals surface area (Å²) in [5, 5.41) is 12.7. The van der Waals surface area contributed by atoms with Gasteiger partial charge in [-0.1, -0.05) is 49.3 Å². The lowest BCUT2D eigenvalue weighted by Gasteiger charge is -2.29. The topological polar surface area (TPSA) is 48.4 Å². The van der Waals surface area contributed by atoms with E-state index in [1.54, 1.807) is 0 Å². The molecule has 98 valence electrons. The van der Waals surface area contributed by atoms with Crippen molar-refractivity contribution in [2.24, 2.45) is 10.6 Å². The molecule has 2 aromatic rings. The van der Waals surface area contributed by atoms with Crippen LogP contribution in [0.5, 0.6) is 0 Å². The Bertz CT molecular complexity index is 623. The zero-order valence-corrected chi connectivity index (χ0v) is 11.3. The summed E-state index contributed by atoms with van der Waals surface area (Å²) >= 11 is 0. The fourth-order valence-electron chi connectivity index (χ4n) is 2.85. The molecule has 0 fully saturated rings. The molecule has 0 bridgehead atoms. The molecule has 0 unspecified atom stereocenters. The van der Waals surface area contributed by atoms with Crippen molar-refractivity contribution in [1.29, 1.82) is 0 Å². The molecule has 0 aliphatic heterocycles. The van der Waals surface area contributed by atoms with E-state index in [1.807, 2.05) is 18.2 Å². The number of hydrogen-bond acceptors (Lipinski definition) is 2. The minimum Gasteiger partial charge on any atom is -0.411 e. The Labute approximate surface area is 113 Å². The smallest absolute Gasteiger partial charge is 0.0891 e. The highest BCUT2D eigenvalue weighted by molar-refractivity contribution is 6.03. The van der Waals surface area contributed by atoms with E-state index in [4.69, 9.17) is 0 Å². The summed E-state index contributed by atoms with van der Waals surface area (Å²) in [6, 6.07) is 12.3. The first-order valence-electron chi connectivity index (χ1n) is 6.58. The van der Waals surface area contributed by atoms with Crippen LogP contribution in [0.1, 0.15) is 31.5 Å². The molecule has 1 aliphatic carbocycles. The van der Waals surface area contributed by atoms with E-state index in [9.17, 15) is 5.21 Å². The molecule has 0 saturated heterocycles. The Morgan fingerprint density at radius 1 is 1.16 bits per heavy atom. The SMILES string of the molecule is CC1(C)C/C(=N\O)c2cc(-c3ccccc3)[nH]c2C1. The number of hydrogen-bond donors (Lipinski definition) is 2. The number of fused-ring (bicyclic) bond motifs is 1. The Hall–Kier alpha value is -2.03. The van der Waals surface area contributed by atoms with Crippen molar-refractivity contribution in [3.8, 4) is 11.3 Å². The van der Waals surface area contributed by atoms with Crippen LogP contribution in [-0.2, 0) is 6.42 Å². The van der Waals surface area contributed by atoms with Crippen LogP contribution in [0, 0.1) is 5.41 Å². The van der Waals surface area contributed by atoms with Crippen molar-refractivity contribution in [3.63, 3.8) is 0 Å². The molecule has 0 amide bonds. The predicted octanol–water partition coefficient (Wildman–Crippen LogP) is 3.83. The van der Waals surface area contributed by atoms with E-state index in [0.29, 0.717) is 0 Å². The summed E-state index contributed by atoms with van der Waals surface area (Å²) < 4.78 is 0. The molecular weight excluding hydrogens is 236 g/mol. The van der Waals surface area contributed by atoms with E-state index >= 15 is 0 Å². The predicted molar refractivity (Wildman–Crippen MR) is 76.7 cm³/mol. The Kier molecular flexibility index (Phi) is 2.70. The quantitative estimate of drug-likeness (QED) is 0.589. The van der Waals surface area contributed by atoms with E-state index in [1.165, 1.54) is 5.69 Å².